The van der Waals surface area contributed by atoms with Gasteiger partial charge in [0.05, 0.1) is 0 Å². The number of hydrogen-bond donors (Lipinski definition) is 0. The minimum absolute atomic E-state index is 0.652. The zero-order valence-electron chi connectivity index (χ0n) is 10.7. The fraction of sp³-hybridized carbons (Fsp3) is 1.00. The molecule has 0 aliphatic heterocycles. The average Bonchev–Trinajstić information content (AvgIpc) is 2.62. The predicted molar refractivity (Wildman–Crippen MR) is 64.5 cm³/mol. The highest BCUT2D eigenvalue weighted by atomic mass is 14.4. The van der Waals surface area contributed by atoms with Crippen LogP contribution < -0.4 is 0 Å². The van der Waals surface area contributed by atoms with E-state index >= 15 is 0 Å². The molecule has 0 heterocycles. The van der Waals surface area contributed by atoms with Crippen molar-refractivity contribution in [2.24, 2.45) is 10.8 Å². The summed E-state index contributed by atoms with van der Waals surface area (Å²) >= 11 is 0. The molecule has 0 nitrogen and oxygen atoms in total. The predicted octanol–water partition coefficient (Wildman–Crippen LogP) is 5.17. The maximum absolute atomic E-state index is 2.52. The van der Waals surface area contributed by atoms with Gasteiger partial charge in [0.25, 0.3) is 0 Å². The molecule has 1 saturated carbocycles. The highest BCUT2D eigenvalue weighted by Crippen LogP contribution is 2.49. The molecule has 0 bridgehead atoms. The first kappa shape index (κ1) is 12.1. The summed E-state index contributed by atoms with van der Waals surface area (Å²) in [4.78, 5) is 0. The third kappa shape index (κ3) is 2.52. The summed E-state index contributed by atoms with van der Waals surface area (Å²) in [6.45, 7) is 9.66. The molecular formula is C14H28. The topological polar surface area (TPSA) is 0 Å². The van der Waals surface area contributed by atoms with Gasteiger partial charge >= 0.3 is 0 Å². The molecule has 1 fully saturated rings. The largest absolute Gasteiger partial charge is 0.0649 e. The average molecular weight is 196 g/mol. The summed E-state index contributed by atoms with van der Waals surface area (Å²) in [6, 6.07) is 0. The number of rotatable bonds is 5. The molecule has 0 spiro atoms. The fourth-order valence-corrected chi connectivity index (χ4v) is 3.44. The number of hydrogen-bond acceptors (Lipinski definition) is 0. The van der Waals surface area contributed by atoms with Gasteiger partial charge in [-0.1, -0.05) is 59.8 Å². The summed E-state index contributed by atoms with van der Waals surface area (Å²) in [5.74, 6) is 0. The smallest absolute Gasteiger partial charge is 0.0300 e. The van der Waals surface area contributed by atoms with Gasteiger partial charge in [-0.05, 0) is 30.1 Å². The van der Waals surface area contributed by atoms with Gasteiger partial charge in [-0.15, -0.1) is 0 Å². The minimum Gasteiger partial charge on any atom is -0.0649 e. The van der Waals surface area contributed by atoms with Crippen LogP contribution in [0.2, 0.25) is 0 Å². The Bertz CT molecular complexity index is 151. The molecule has 1 aliphatic rings. The van der Waals surface area contributed by atoms with E-state index in [1.165, 1.54) is 51.4 Å². The molecule has 1 rings (SSSR count). The summed E-state index contributed by atoms with van der Waals surface area (Å²) in [6.07, 6.45) is 11.5. The second-order valence-corrected chi connectivity index (χ2v) is 5.76. The minimum atomic E-state index is 0.652. The molecule has 0 amide bonds. The zero-order valence-corrected chi connectivity index (χ0v) is 10.7. The molecule has 0 N–H and O–H groups in total. The lowest BCUT2D eigenvalue weighted by atomic mass is 9.67. The third-order valence-electron chi connectivity index (χ3n) is 4.86. The Morgan fingerprint density at radius 3 is 1.71 bits per heavy atom. The molecule has 0 atom stereocenters. The monoisotopic (exact) mass is 196 g/mol. The van der Waals surface area contributed by atoms with Crippen LogP contribution in [0.4, 0.5) is 0 Å². The summed E-state index contributed by atoms with van der Waals surface area (Å²) in [5.41, 5.74) is 1.33. The van der Waals surface area contributed by atoms with Crippen LogP contribution >= 0.6 is 0 Å². The molecular weight excluding hydrogens is 168 g/mol. The fourth-order valence-electron chi connectivity index (χ4n) is 3.44. The molecule has 0 aromatic carbocycles. The highest BCUT2D eigenvalue weighted by molar-refractivity contribution is 4.88. The van der Waals surface area contributed by atoms with Crippen LogP contribution in [0.25, 0.3) is 0 Å². The molecule has 0 unspecified atom stereocenters. The van der Waals surface area contributed by atoms with Gasteiger partial charge in [0.1, 0.15) is 0 Å². The Labute approximate surface area is 90.5 Å². The SMILES string of the molecule is CCC(CC)(CC)CC1(C)CCCC1. The third-order valence-corrected chi connectivity index (χ3v) is 4.86. The van der Waals surface area contributed by atoms with E-state index in [0.29, 0.717) is 10.8 Å². The van der Waals surface area contributed by atoms with Crippen LogP contribution in [0.3, 0.4) is 0 Å². The summed E-state index contributed by atoms with van der Waals surface area (Å²) in [7, 11) is 0. The first-order chi connectivity index (χ1) is 6.60. The highest BCUT2D eigenvalue weighted by Gasteiger charge is 2.36. The van der Waals surface area contributed by atoms with Crippen molar-refractivity contribution in [3.8, 4) is 0 Å². The van der Waals surface area contributed by atoms with E-state index < -0.39 is 0 Å². The van der Waals surface area contributed by atoms with E-state index in [9.17, 15) is 0 Å². The Hall–Kier alpha value is 0. The summed E-state index contributed by atoms with van der Waals surface area (Å²) in [5, 5.41) is 0. The maximum atomic E-state index is 2.52. The van der Waals surface area contributed by atoms with Gasteiger partial charge in [0.2, 0.25) is 0 Å². The Kier molecular flexibility index (Phi) is 4.04. The molecule has 0 aromatic heterocycles. The van der Waals surface area contributed by atoms with Crippen LogP contribution in [0.1, 0.15) is 79.1 Å². The zero-order chi connectivity index (χ0) is 10.7. The van der Waals surface area contributed by atoms with Gasteiger partial charge in [0.15, 0.2) is 0 Å². The van der Waals surface area contributed by atoms with E-state index in [4.69, 9.17) is 0 Å². The Balaban J connectivity index is 2.62. The standard InChI is InChI=1S/C14H28/c1-5-14(6-2,7-3)12-13(4)10-8-9-11-13/h5-12H2,1-4H3. The van der Waals surface area contributed by atoms with Crippen LogP contribution in [0.5, 0.6) is 0 Å². The quantitative estimate of drug-likeness (QED) is 0.569. The van der Waals surface area contributed by atoms with Crippen molar-refractivity contribution < 1.29 is 0 Å². The van der Waals surface area contributed by atoms with Crippen LogP contribution in [0, 0.1) is 10.8 Å². The van der Waals surface area contributed by atoms with Gasteiger partial charge < -0.3 is 0 Å². The van der Waals surface area contributed by atoms with E-state index in [0.717, 1.165) is 0 Å². The van der Waals surface area contributed by atoms with Gasteiger partial charge in [-0.25, -0.2) is 0 Å². The molecule has 14 heavy (non-hydrogen) atoms. The van der Waals surface area contributed by atoms with Crippen LogP contribution in [0.15, 0.2) is 0 Å². The van der Waals surface area contributed by atoms with Gasteiger partial charge in [0, 0.05) is 0 Å². The van der Waals surface area contributed by atoms with Gasteiger partial charge in [-0.3, -0.25) is 0 Å². The Morgan fingerprint density at radius 1 is 0.929 bits per heavy atom. The molecule has 0 saturated heterocycles. The first-order valence-corrected chi connectivity index (χ1v) is 6.60. The van der Waals surface area contributed by atoms with Crippen molar-refractivity contribution in [1.82, 2.24) is 0 Å². The second-order valence-electron chi connectivity index (χ2n) is 5.76. The Morgan fingerprint density at radius 2 is 1.36 bits per heavy atom. The molecule has 0 aromatic rings. The van der Waals surface area contributed by atoms with Crippen molar-refractivity contribution >= 4 is 0 Å². The van der Waals surface area contributed by atoms with E-state index in [1.54, 1.807) is 0 Å². The van der Waals surface area contributed by atoms with E-state index in [2.05, 4.69) is 27.7 Å². The lowest BCUT2D eigenvalue weighted by molar-refractivity contribution is 0.128. The second kappa shape index (κ2) is 4.68. The molecule has 84 valence electrons. The van der Waals surface area contributed by atoms with Crippen LogP contribution in [-0.4, -0.2) is 0 Å². The molecule has 0 heteroatoms. The van der Waals surface area contributed by atoms with Crippen molar-refractivity contribution in [2.45, 2.75) is 79.1 Å². The van der Waals surface area contributed by atoms with Crippen molar-refractivity contribution in [3.05, 3.63) is 0 Å². The lowest BCUT2D eigenvalue weighted by Gasteiger charge is -2.38. The van der Waals surface area contributed by atoms with Gasteiger partial charge in [-0.2, -0.15) is 0 Å². The van der Waals surface area contributed by atoms with Crippen LogP contribution in [-0.2, 0) is 0 Å². The maximum Gasteiger partial charge on any atom is -0.0300 e. The normalized spacial score (nSPS) is 21.4. The van der Waals surface area contributed by atoms with Crippen molar-refractivity contribution in [2.75, 3.05) is 0 Å². The molecule has 0 radical (unpaired) electrons. The molecule has 1 aliphatic carbocycles. The van der Waals surface area contributed by atoms with Crippen molar-refractivity contribution in [1.29, 1.82) is 0 Å². The van der Waals surface area contributed by atoms with E-state index in [1.807, 2.05) is 0 Å². The summed E-state index contributed by atoms with van der Waals surface area (Å²) < 4.78 is 0. The van der Waals surface area contributed by atoms with Crippen molar-refractivity contribution in [3.63, 3.8) is 0 Å². The first-order valence-electron chi connectivity index (χ1n) is 6.60. The lowest BCUT2D eigenvalue weighted by Crippen LogP contribution is -2.27. The van der Waals surface area contributed by atoms with E-state index in [-0.39, 0.29) is 0 Å².